The Balaban J connectivity index is 1.83. The van der Waals surface area contributed by atoms with E-state index in [1.54, 1.807) is 0 Å². The summed E-state index contributed by atoms with van der Waals surface area (Å²) in [4.78, 5) is 10.8. The number of nitrogens with zero attached hydrogens (tertiary/aromatic N) is 3. The van der Waals surface area contributed by atoms with Gasteiger partial charge in [0, 0.05) is 25.2 Å². The Bertz CT molecular complexity index is 376. The van der Waals surface area contributed by atoms with Gasteiger partial charge in [-0.25, -0.2) is 15.8 Å². The Labute approximate surface area is 102 Å². The summed E-state index contributed by atoms with van der Waals surface area (Å²) in [5, 5.41) is 3.29. The van der Waals surface area contributed by atoms with E-state index in [-0.39, 0.29) is 0 Å². The van der Waals surface area contributed by atoms with Gasteiger partial charge in [0.25, 0.3) is 0 Å². The number of hydrazine groups is 1. The summed E-state index contributed by atoms with van der Waals surface area (Å²) >= 11 is 0. The molecule has 1 aliphatic carbocycles. The molecule has 1 heterocycles. The highest BCUT2D eigenvalue weighted by atomic mass is 15.3. The first kappa shape index (κ1) is 12.1. The van der Waals surface area contributed by atoms with Gasteiger partial charge in [0.2, 0.25) is 0 Å². The molecule has 1 fully saturated rings. The van der Waals surface area contributed by atoms with E-state index in [9.17, 15) is 0 Å². The lowest BCUT2D eigenvalue weighted by atomic mass is 10.4. The van der Waals surface area contributed by atoms with Gasteiger partial charge in [-0.2, -0.15) is 0 Å². The molecule has 0 bridgehead atoms. The number of nitrogens with two attached hydrogens (primary N) is 1. The van der Waals surface area contributed by atoms with Gasteiger partial charge < -0.3 is 15.6 Å². The summed E-state index contributed by atoms with van der Waals surface area (Å²) in [7, 11) is 2.16. The number of hydrogen-bond acceptors (Lipinski definition) is 6. The molecule has 4 N–H and O–H groups in total. The lowest BCUT2D eigenvalue weighted by Gasteiger charge is -2.16. The lowest BCUT2D eigenvalue weighted by Crippen LogP contribution is -2.27. The molecule has 0 atom stereocenters. The predicted octanol–water partition coefficient (Wildman–Crippen LogP) is 0.577. The molecule has 0 amide bonds. The fourth-order valence-electron chi connectivity index (χ4n) is 1.79. The van der Waals surface area contributed by atoms with Crippen LogP contribution in [-0.2, 0) is 0 Å². The minimum atomic E-state index is 0.635. The fraction of sp³-hybridized carbons (Fsp3) is 0.636. The van der Waals surface area contributed by atoms with E-state index in [4.69, 9.17) is 5.84 Å². The average Bonchev–Trinajstić information content (AvgIpc) is 3.12. The minimum Gasteiger partial charge on any atom is -0.369 e. The zero-order chi connectivity index (χ0) is 12.3. The number of anilines is 2. The van der Waals surface area contributed by atoms with Crippen molar-refractivity contribution in [2.45, 2.75) is 25.8 Å². The Morgan fingerprint density at radius 1 is 1.41 bits per heavy atom. The summed E-state index contributed by atoms with van der Waals surface area (Å²) in [6.45, 7) is 3.76. The Hall–Kier alpha value is -1.40. The van der Waals surface area contributed by atoms with Crippen LogP contribution in [0, 0.1) is 6.92 Å². The SMILES string of the molecule is Cc1nc(NN)cc(NCCN(C)C2CC2)n1. The number of hydrogen-bond donors (Lipinski definition) is 3. The summed E-state index contributed by atoms with van der Waals surface area (Å²) in [5.74, 6) is 7.49. The maximum absolute atomic E-state index is 5.34. The van der Waals surface area contributed by atoms with Crippen LogP contribution in [0.2, 0.25) is 0 Å². The average molecular weight is 236 g/mol. The van der Waals surface area contributed by atoms with E-state index < -0.39 is 0 Å². The van der Waals surface area contributed by atoms with Crippen LogP contribution in [0.5, 0.6) is 0 Å². The molecule has 1 aromatic rings. The van der Waals surface area contributed by atoms with Crippen molar-refractivity contribution in [2.75, 3.05) is 30.9 Å². The van der Waals surface area contributed by atoms with Gasteiger partial charge in [0.05, 0.1) is 0 Å². The second-order valence-corrected chi connectivity index (χ2v) is 4.47. The first-order chi connectivity index (χ1) is 8.19. The molecule has 6 nitrogen and oxygen atoms in total. The standard InChI is InChI=1S/C11H20N6/c1-8-14-10(7-11(15-8)16-12)13-5-6-17(2)9-3-4-9/h7,9H,3-6,12H2,1-2H3,(H2,13,14,15,16). The lowest BCUT2D eigenvalue weighted by molar-refractivity contribution is 0.337. The molecule has 94 valence electrons. The summed E-state index contributed by atoms with van der Waals surface area (Å²) in [6.07, 6.45) is 2.68. The van der Waals surface area contributed by atoms with Gasteiger partial charge in [-0.05, 0) is 26.8 Å². The van der Waals surface area contributed by atoms with Crippen LogP contribution >= 0.6 is 0 Å². The van der Waals surface area contributed by atoms with E-state index in [0.717, 1.165) is 24.9 Å². The van der Waals surface area contributed by atoms with E-state index in [1.807, 2.05) is 13.0 Å². The van der Waals surface area contributed by atoms with E-state index in [2.05, 4.69) is 32.7 Å². The van der Waals surface area contributed by atoms with Gasteiger partial charge in [-0.3, -0.25) is 0 Å². The number of nitrogens with one attached hydrogen (secondary N) is 2. The van der Waals surface area contributed by atoms with Crippen molar-refractivity contribution in [2.24, 2.45) is 5.84 Å². The highest BCUT2D eigenvalue weighted by Crippen LogP contribution is 2.24. The van der Waals surface area contributed by atoms with Gasteiger partial charge in [0.1, 0.15) is 17.5 Å². The fourth-order valence-corrected chi connectivity index (χ4v) is 1.79. The molecule has 1 aromatic heterocycles. The second kappa shape index (κ2) is 5.29. The second-order valence-electron chi connectivity index (χ2n) is 4.47. The molecule has 0 aliphatic heterocycles. The largest absolute Gasteiger partial charge is 0.369 e. The molecule has 2 rings (SSSR count). The van der Waals surface area contributed by atoms with Crippen LogP contribution in [0.1, 0.15) is 18.7 Å². The number of rotatable bonds is 6. The number of nitrogen functional groups attached to an aromatic ring is 1. The maximum Gasteiger partial charge on any atom is 0.145 e. The molecule has 17 heavy (non-hydrogen) atoms. The summed E-state index contributed by atoms with van der Waals surface area (Å²) in [5.41, 5.74) is 2.53. The normalized spacial score (nSPS) is 15.1. The molecule has 0 radical (unpaired) electrons. The van der Waals surface area contributed by atoms with Crippen molar-refractivity contribution >= 4 is 11.6 Å². The third kappa shape index (κ3) is 3.54. The van der Waals surface area contributed by atoms with Crippen LogP contribution in [0.15, 0.2) is 6.07 Å². The van der Waals surface area contributed by atoms with Crippen molar-refractivity contribution in [1.29, 1.82) is 0 Å². The van der Waals surface area contributed by atoms with Crippen LogP contribution in [-0.4, -0.2) is 41.0 Å². The molecule has 1 aliphatic rings. The molecule has 6 heteroatoms. The Kier molecular flexibility index (Phi) is 3.75. The van der Waals surface area contributed by atoms with Crippen LogP contribution in [0.3, 0.4) is 0 Å². The quantitative estimate of drug-likeness (QED) is 0.495. The van der Waals surface area contributed by atoms with Gasteiger partial charge in [-0.1, -0.05) is 0 Å². The maximum atomic E-state index is 5.34. The predicted molar refractivity (Wildman–Crippen MR) is 68.7 cm³/mol. The van der Waals surface area contributed by atoms with Crippen LogP contribution in [0.25, 0.3) is 0 Å². The summed E-state index contributed by atoms with van der Waals surface area (Å²) in [6, 6.07) is 2.61. The first-order valence-electron chi connectivity index (χ1n) is 5.95. The van der Waals surface area contributed by atoms with E-state index in [1.165, 1.54) is 12.8 Å². The van der Waals surface area contributed by atoms with Gasteiger partial charge in [-0.15, -0.1) is 0 Å². The topological polar surface area (TPSA) is 79.1 Å². The first-order valence-corrected chi connectivity index (χ1v) is 5.95. The summed E-state index contributed by atoms with van der Waals surface area (Å²) < 4.78 is 0. The van der Waals surface area contributed by atoms with Crippen molar-refractivity contribution in [3.8, 4) is 0 Å². The molecular weight excluding hydrogens is 216 g/mol. The monoisotopic (exact) mass is 236 g/mol. The number of aromatic nitrogens is 2. The van der Waals surface area contributed by atoms with Crippen LogP contribution in [0.4, 0.5) is 11.6 Å². The number of aryl methyl sites for hydroxylation is 1. The minimum absolute atomic E-state index is 0.635. The molecule has 0 unspecified atom stereocenters. The zero-order valence-corrected chi connectivity index (χ0v) is 10.4. The van der Waals surface area contributed by atoms with Gasteiger partial charge in [0.15, 0.2) is 0 Å². The van der Waals surface area contributed by atoms with Crippen molar-refractivity contribution < 1.29 is 0 Å². The molecular formula is C11H20N6. The highest BCUT2D eigenvalue weighted by Gasteiger charge is 2.25. The molecule has 0 aromatic carbocycles. The van der Waals surface area contributed by atoms with E-state index in [0.29, 0.717) is 11.6 Å². The third-order valence-corrected chi connectivity index (χ3v) is 2.93. The van der Waals surface area contributed by atoms with Gasteiger partial charge >= 0.3 is 0 Å². The zero-order valence-electron chi connectivity index (χ0n) is 10.4. The molecule has 0 spiro atoms. The molecule has 1 saturated carbocycles. The van der Waals surface area contributed by atoms with Crippen molar-refractivity contribution in [3.05, 3.63) is 11.9 Å². The smallest absolute Gasteiger partial charge is 0.145 e. The van der Waals surface area contributed by atoms with E-state index >= 15 is 0 Å². The van der Waals surface area contributed by atoms with Crippen molar-refractivity contribution in [1.82, 2.24) is 14.9 Å². The Morgan fingerprint density at radius 3 is 2.76 bits per heavy atom. The third-order valence-electron chi connectivity index (χ3n) is 2.93. The molecule has 0 saturated heterocycles. The van der Waals surface area contributed by atoms with Crippen LogP contribution < -0.4 is 16.6 Å². The Morgan fingerprint density at radius 2 is 2.12 bits per heavy atom. The number of likely N-dealkylation sites (N-methyl/N-ethyl adjacent to an activating group) is 1. The van der Waals surface area contributed by atoms with Crippen molar-refractivity contribution in [3.63, 3.8) is 0 Å². The highest BCUT2D eigenvalue weighted by molar-refractivity contribution is 5.46.